The number of amides is 1. The Hall–Kier alpha value is -1.88. The maximum atomic E-state index is 11.2. The van der Waals surface area contributed by atoms with Gasteiger partial charge in [0.15, 0.2) is 0 Å². The van der Waals surface area contributed by atoms with Crippen LogP contribution in [0.3, 0.4) is 0 Å². The summed E-state index contributed by atoms with van der Waals surface area (Å²) in [7, 11) is 1.64. The van der Waals surface area contributed by atoms with Gasteiger partial charge in [-0.2, -0.15) is 0 Å². The summed E-state index contributed by atoms with van der Waals surface area (Å²) in [4.78, 5) is 15.4. The fourth-order valence-corrected chi connectivity index (χ4v) is 2.09. The number of carbonyl (C=O) groups excluding carboxylic acids is 1. The lowest BCUT2D eigenvalue weighted by molar-refractivity contribution is -0.119. The number of aromatic nitrogens is 1. The molecule has 0 saturated carbocycles. The lowest BCUT2D eigenvalue weighted by Crippen LogP contribution is -2.19. The Morgan fingerprint density at radius 2 is 2.11 bits per heavy atom. The quantitative estimate of drug-likeness (QED) is 0.866. The van der Waals surface area contributed by atoms with Gasteiger partial charge in [-0.15, -0.1) is 11.3 Å². The first-order chi connectivity index (χ1) is 8.78. The van der Waals surface area contributed by atoms with Crippen molar-refractivity contribution in [1.82, 2.24) is 10.3 Å². The van der Waals surface area contributed by atoms with Crippen molar-refractivity contribution in [3.63, 3.8) is 0 Å². The van der Waals surface area contributed by atoms with Crippen molar-refractivity contribution in [3.05, 3.63) is 46.4 Å². The molecule has 0 atom stereocenters. The summed E-state index contributed by atoms with van der Waals surface area (Å²) in [5.41, 5.74) is 4.90. The van der Waals surface area contributed by atoms with Crippen LogP contribution in [0.25, 0.3) is 0 Å². The predicted octanol–water partition coefficient (Wildman–Crippen LogP) is 2.04. The van der Waals surface area contributed by atoms with E-state index < -0.39 is 0 Å². The molecule has 0 aliphatic carbocycles. The molecule has 1 aromatic heterocycles. The van der Waals surface area contributed by atoms with Crippen molar-refractivity contribution in [2.75, 3.05) is 12.4 Å². The molecule has 2 N–H and O–H groups in total. The second-order valence-electron chi connectivity index (χ2n) is 3.88. The van der Waals surface area contributed by atoms with Gasteiger partial charge in [-0.3, -0.25) is 4.79 Å². The molecule has 0 unspecified atom stereocenters. The van der Waals surface area contributed by atoms with E-state index in [4.69, 9.17) is 0 Å². The van der Waals surface area contributed by atoms with E-state index in [9.17, 15) is 4.79 Å². The van der Waals surface area contributed by atoms with Crippen LogP contribution in [0.15, 0.2) is 35.2 Å². The average Bonchev–Trinajstić information content (AvgIpc) is 2.91. The number of carbonyl (C=O) groups is 1. The summed E-state index contributed by atoms with van der Waals surface area (Å²) in [6.45, 7) is 0.721. The zero-order valence-electron chi connectivity index (χ0n) is 10.1. The van der Waals surface area contributed by atoms with Crippen LogP contribution in [0.4, 0.5) is 5.69 Å². The Morgan fingerprint density at radius 1 is 1.33 bits per heavy atom. The van der Waals surface area contributed by atoms with Gasteiger partial charge in [0.1, 0.15) is 0 Å². The molecule has 0 saturated heterocycles. The molecule has 0 radical (unpaired) electrons. The van der Waals surface area contributed by atoms with Crippen LogP contribution in [0.5, 0.6) is 0 Å². The van der Waals surface area contributed by atoms with E-state index in [-0.39, 0.29) is 5.91 Å². The Morgan fingerprint density at radius 3 is 2.72 bits per heavy atom. The first-order valence-electron chi connectivity index (χ1n) is 5.68. The summed E-state index contributed by atoms with van der Waals surface area (Å²) >= 11 is 1.59. The van der Waals surface area contributed by atoms with Crippen LogP contribution in [-0.2, 0) is 17.8 Å². The van der Waals surface area contributed by atoms with E-state index in [0.717, 1.165) is 23.5 Å². The molecule has 2 rings (SSSR count). The maximum Gasteiger partial charge on any atom is 0.224 e. The molecule has 0 spiro atoms. The Bertz CT molecular complexity index is 493. The minimum absolute atomic E-state index is 0.0261. The Labute approximate surface area is 110 Å². The topological polar surface area (TPSA) is 54.0 Å². The molecule has 18 heavy (non-hydrogen) atoms. The number of benzene rings is 1. The zero-order valence-corrected chi connectivity index (χ0v) is 11.0. The van der Waals surface area contributed by atoms with Gasteiger partial charge in [0.2, 0.25) is 5.91 Å². The highest BCUT2D eigenvalue weighted by Crippen LogP contribution is 2.11. The van der Waals surface area contributed by atoms with Crippen LogP contribution in [0.1, 0.15) is 11.3 Å². The van der Waals surface area contributed by atoms with Crippen LogP contribution < -0.4 is 10.6 Å². The van der Waals surface area contributed by atoms with E-state index >= 15 is 0 Å². The van der Waals surface area contributed by atoms with E-state index in [2.05, 4.69) is 15.6 Å². The van der Waals surface area contributed by atoms with Gasteiger partial charge >= 0.3 is 0 Å². The van der Waals surface area contributed by atoms with Crippen molar-refractivity contribution >= 4 is 22.9 Å². The predicted molar refractivity (Wildman–Crippen MR) is 73.7 cm³/mol. The number of nitrogens with zero attached hydrogens (tertiary/aromatic N) is 1. The summed E-state index contributed by atoms with van der Waals surface area (Å²) < 4.78 is 0. The molecule has 5 heteroatoms. The van der Waals surface area contributed by atoms with Crippen LogP contribution in [0.2, 0.25) is 0 Å². The van der Waals surface area contributed by atoms with Gasteiger partial charge in [-0.05, 0) is 17.7 Å². The molecule has 1 heterocycles. The first kappa shape index (κ1) is 12.6. The highest BCUT2D eigenvalue weighted by Gasteiger charge is 2.01. The molecule has 0 aliphatic rings. The van der Waals surface area contributed by atoms with E-state index in [1.54, 1.807) is 18.4 Å². The highest BCUT2D eigenvalue weighted by atomic mass is 32.1. The molecule has 1 aromatic carbocycles. The number of anilines is 1. The van der Waals surface area contributed by atoms with E-state index in [1.165, 1.54) is 0 Å². The third kappa shape index (κ3) is 3.56. The molecule has 4 nitrogen and oxygen atoms in total. The summed E-state index contributed by atoms with van der Waals surface area (Å²) in [5.74, 6) is 0.0261. The summed E-state index contributed by atoms with van der Waals surface area (Å²) in [6, 6.07) is 7.87. The fraction of sp³-hybridized carbons (Fsp3) is 0.231. The number of nitrogens with one attached hydrogen (secondary N) is 2. The van der Waals surface area contributed by atoms with Crippen molar-refractivity contribution < 1.29 is 4.79 Å². The molecular weight excluding hydrogens is 246 g/mol. The SMILES string of the molecule is CNC(=O)Cc1ccc(NCc2cscn2)cc1. The molecule has 2 aromatic rings. The fourth-order valence-electron chi connectivity index (χ4n) is 1.53. The van der Waals surface area contributed by atoms with Gasteiger partial charge in [0.05, 0.1) is 24.2 Å². The highest BCUT2D eigenvalue weighted by molar-refractivity contribution is 7.07. The van der Waals surface area contributed by atoms with E-state index in [0.29, 0.717) is 6.42 Å². The lowest BCUT2D eigenvalue weighted by Gasteiger charge is -2.06. The lowest BCUT2D eigenvalue weighted by atomic mass is 10.1. The number of hydrogen-bond donors (Lipinski definition) is 2. The standard InChI is InChI=1S/C13H15N3OS/c1-14-13(17)6-10-2-4-11(5-3-10)15-7-12-8-18-9-16-12/h2-5,8-9,15H,6-7H2,1H3,(H,14,17). The number of likely N-dealkylation sites (N-methyl/N-ethyl adjacent to an activating group) is 1. The number of rotatable bonds is 5. The normalized spacial score (nSPS) is 10.1. The minimum atomic E-state index is 0.0261. The Balaban J connectivity index is 1.89. The molecule has 94 valence electrons. The summed E-state index contributed by atoms with van der Waals surface area (Å²) in [6.07, 6.45) is 0.420. The van der Waals surface area contributed by atoms with Crippen LogP contribution in [-0.4, -0.2) is 17.9 Å². The monoisotopic (exact) mass is 261 g/mol. The smallest absolute Gasteiger partial charge is 0.224 e. The van der Waals surface area contributed by atoms with Gasteiger partial charge < -0.3 is 10.6 Å². The number of hydrogen-bond acceptors (Lipinski definition) is 4. The Kier molecular flexibility index (Phi) is 4.30. The zero-order chi connectivity index (χ0) is 12.8. The van der Waals surface area contributed by atoms with Crippen LogP contribution in [0, 0.1) is 0 Å². The second kappa shape index (κ2) is 6.16. The second-order valence-corrected chi connectivity index (χ2v) is 4.60. The molecular formula is C13H15N3OS. The molecule has 1 amide bonds. The largest absolute Gasteiger partial charge is 0.379 e. The third-order valence-electron chi connectivity index (χ3n) is 2.55. The molecule has 0 bridgehead atoms. The van der Waals surface area contributed by atoms with Gasteiger partial charge in [0, 0.05) is 18.1 Å². The maximum absolute atomic E-state index is 11.2. The van der Waals surface area contributed by atoms with Gasteiger partial charge in [0.25, 0.3) is 0 Å². The van der Waals surface area contributed by atoms with Crippen molar-refractivity contribution in [2.24, 2.45) is 0 Å². The van der Waals surface area contributed by atoms with Crippen molar-refractivity contribution in [1.29, 1.82) is 0 Å². The molecule has 0 aliphatic heterocycles. The number of thiazole rings is 1. The average molecular weight is 261 g/mol. The van der Waals surface area contributed by atoms with Gasteiger partial charge in [-0.1, -0.05) is 12.1 Å². The van der Waals surface area contributed by atoms with Crippen molar-refractivity contribution in [3.8, 4) is 0 Å². The van der Waals surface area contributed by atoms with Crippen molar-refractivity contribution in [2.45, 2.75) is 13.0 Å². The molecule has 0 fully saturated rings. The minimum Gasteiger partial charge on any atom is -0.379 e. The van der Waals surface area contributed by atoms with Gasteiger partial charge in [-0.25, -0.2) is 4.98 Å². The first-order valence-corrected chi connectivity index (χ1v) is 6.62. The summed E-state index contributed by atoms with van der Waals surface area (Å²) in [5, 5.41) is 7.92. The van der Waals surface area contributed by atoms with Crippen LogP contribution >= 0.6 is 11.3 Å². The third-order valence-corrected chi connectivity index (χ3v) is 3.19. The van der Waals surface area contributed by atoms with E-state index in [1.807, 2.05) is 35.2 Å².